The van der Waals surface area contributed by atoms with E-state index in [0.29, 0.717) is 0 Å². The van der Waals surface area contributed by atoms with Gasteiger partial charge in [0.15, 0.2) is 0 Å². The molecule has 200 valence electrons. The lowest BCUT2D eigenvalue weighted by atomic mass is 9.35. The predicted octanol–water partition coefficient (Wildman–Crippen LogP) is 7.32. The molecule has 2 aliphatic rings. The molecule has 4 heterocycles. The minimum absolute atomic E-state index is 0.0146. The molecular weight excluding hydrogens is 531 g/mol. The van der Waals surface area contributed by atoms with Crippen molar-refractivity contribution in [3.63, 3.8) is 0 Å². The fraction of sp³-hybridized carbons (Fsp3) is 0. The number of ether oxygens (including phenoxy) is 2. The minimum Gasteiger partial charge on any atom is -0.458 e. The Kier molecular flexibility index (Phi) is 4.47. The molecule has 5 nitrogen and oxygen atoms in total. The molecule has 0 saturated heterocycles. The molecule has 0 radical (unpaired) electrons. The van der Waals surface area contributed by atoms with E-state index in [0.717, 1.165) is 89.4 Å². The number of para-hydroxylation sites is 5. The van der Waals surface area contributed by atoms with E-state index in [4.69, 9.17) is 18.9 Å². The first kappa shape index (κ1) is 22.9. The largest absolute Gasteiger partial charge is 0.458 e. The van der Waals surface area contributed by atoms with E-state index in [9.17, 15) is 0 Å². The number of fused-ring (bicyclic) bond motifs is 8. The maximum Gasteiger partial charge on any atom is 0.260 e. The number of imidazole rings is 1. The van der Waals surface area contributed by atoms with Crippen LogP contribution in [0, 0.1) is 0 Å². The third kappa shape index (κ3) is 3.15. The highest BCUT2D eigenvalue weighted by Gasteiger charge is 2.40. The molecule has 0 fully saturated rings. The zero-order valence-corrected chi connectivity index (χ0v) is 22.8. The van der Waals surface area contributed by atoms with Crippen LogP contribution in [0.3, 0.4) is 0 Å². The Labute approximate surface area is 246 Å². The lowest BCUT2D eigenvalue weighted by molar-refractivity contribution is 0.465. The Bertz CT molecular complexity index is 2430. The Hall–Kier alpha value is -5.75. The van der Waals surface area contributed by atoms with Gasteiger partial charge < -0.3 is 13.9 Å². The molecule has 6 heteroatoms. The van der Waals surface area contributed by atoms with Gasteiger partial charge in [-0.2, -0.15) is 0 Å². The van der Waals surface area contributed by atoms with Gasteiger partial charge in [-0.05, 0) is 71.6 Å². The van der Waals surface area contributed by atoms with Crippen LogP contribution in [-0.2, 0) is 0 Å². The monoisotopic (exact) mass is 552 g/mol. The van der Waals surface area contributed by atoms with Gasteiger partial charge in [-0.1, -0.05) is 66.7 Å². The van der Waals surface area contributed by atoms with E-state index in [1.54, 1.807) is 0 Å². The summed E-state index contributed by atoms with van der Waals surface area (Å²) in [5, 5.41) is 2.04. The molecule has 0 N–H and O–H groups in total. The number of rotatable bonds is 2. The summed E-state index contributed by atoms with van der Waals surface area (Å²) in [6.45, 7) is -0.0146. The van der Waals surface area contributed by atoms with E-state index in [2.05, 4.69) is 89.5 Å². The quantitative estimate of drug-likeness (QED) is 0.211. The van der Waals surface area contributed by atoms with Gasteiger partial charge in [0.2, 0.25) is 0 Å². The number of aromatic nitrogens is 2. The summed E-state index contributed by atoms with van der Waals surface area (Å²) in [6, 6.07) is 43.5. The fourth-order valence-electron chi connectivity index (χ4n) is 6.89. The average molecular weight is 552 g/mol. The predicted molar refractivity (Wildman–Crippen MR) is 171 cm³/mol. The van der Waals surface area contributed by atoms with E-state index >= 15 is 0 Å². The van der Waals surface area contributed by atoms with E-state index < -0.39 is 0 Å². The molecule has 0 unspecified atom stereocenters. The number of hydrogen-bond donors (Lipinski definition) is 0. The summed E-state index contributed by atoms with van der Waals surface area (Å²) < 4.78 is 21.8. The van der Waals surface area contributed by atoms with Crippen molar-refractivity contribution in [2.45, 2.75) is 0 Å². The number of hydrogen-bond acceptors (Lipinski definition) is 4. The molecule has 2 aliphatic heterocycles. The van der Waals surface area contributed by atoms with Crippen molar-refractivity contribution in [2.24, 2.45) is 0 Å². The van der Waals surface area contributed by atoms with Crippen LogP contribution in [0.4, 0.5) is 0 Å². The third-order valence-corrected chi connectivity index (χ3v) is 8.74. The first-order valence-electron chi connectivity index (χ1n) is 14.4. The summed E-state index contributed by atoms with van der Waals surface area (Å²) in [5.74, 6) is 4.21. The van der Waals surface area contributed by atoms with Gasteiger partial charge >= 0.3 is 0 Å². The van der Waals surface area contributed by atoms with Crippen molar-refractivity contribution in [3.8, 4) is 40.1 Å². The number of benzene rings is 6. The van der Waals surface area contributed by atoms with E-state index in [1.807, 2.05) is 42.5 Å². The van der Waals surface area contributed by atoms with Crippen molar-refractivity contribution in [3.05, 3.63) is 127 Å². The van der Waals surface area contributed by atoms with Gasteiger partial charge in [0.05, 0.1) is 16.6 Å². The van der Waals surface area contributed by atoms with Crippen molar-refractivity contribution in [1.82, 2.24) is 9.55 Å². The number of furan rings is 1. The first-order chi connectivity index (χ1) is 21.3. The van der Waals surface area contributed by atoms with Crippen LogP contribution >= 0.6 is 0 Å². The van der Waals surface area contributed by atoms with Gasteiger partial charge in [-0.15, -0.1) is 0 Å². The second kappa shape index (κ2) is 8.40. The van der Waals surface area contributed by atoms with E-state index in [-0.39, 0.29) is 6.71 Å². The maximum absolute atomic E-state index is 6.77. The lowest BCUT2D eigenvalue weighted by Gasteiger charge is -2.32. The summed E-state index contributed by atoms with van der Waals surface area (Å²) in [6.07, 6.45) is 0. The average Bonchev–Trinajstić information content (AvgIpc) is 3.62. The van der Waals surface area contributed by atoms with Gasteiger partial charge in [0.1, 0.15) is 40.0 Å². The van der Waals surface area contributed by atoms with Gasteiger partial charge in [0.25, 0.3) is 6.71 Å². The van der Waals surface area contributed by atoms with Crippen molar-refractivity contribution >= 4 is 56.1 Å². The van der Waals surface area contributed by atoms with Crippen molar-refractivity contribution in [2.75, 3.05) is 0 Å². The molecule has 8 aromatic rings. The van der Waals surface area contributed by atoms with Crippen LogP contribution in [0.5, 0.6) is 23.0 Å². The Morgan fingerprint density at radius 1 is 0.581 bits per heavy atom. The minimum atomic E-state index is -0.0146. The van der Waals surface area contributed by atoms with Crippen LogP contribution in [-0.4, -0.2) is 16.3 Å². The molecule has 0 saturated carbocycles. The summed E-state index contributed by atoms with van der Waals surface area (Å²) in [5.41, 5.74) is 8.85. The van der Waals surface area contributed by atoms with Crippen molar-refractivity contribution < 1.29 is 13.9 Å². The molecule has 0 spiro atoms. The van der Waals surface area contributed by atoms with E-state index in [1.165, 1.54) is 0 Å². The second-order valence-electron chi connectivity index (χ2n) is 11.1. The molecule has 2 aromatic heterocycles. The summed E-state index contributed by atoms with van der Waals surface area (Å²) in [7, 11) is 0. The van der Waals surface area contributed by atoms with Gasteiger partial charge in [-0.3, -0.25) is 4.57 Å². The molecule has 0 bridgehead atoms. The van der Waals surface area contributed by atoms with Crippen LogP contribution in [0.2, 0.25) is 0 Å². The number of nitrogens with zero attached hydrogens (tertiary/aromatic N) is 2. The zero-order chi connectivity index (χ0) is 28.1. The standard InChI is InChI=1S/C37H21BN2O3/c1-2-10-22(11-3-1)40-29-16-6-5-15-28(29)39-37(40)24-13-8-12-23-25-20-34-27(21-33(25)43-36(23)24)38-26-14-4-7-17-30(26)41-31-18-9-19-32(42-34)35(31)38/h1-21H. The topological polar surface area (TPSA) is 49.4 Å². The summed E-state index contributed by atoms with van der Waals surface area (Å²) >= 11 is 0. The Balaban J connectivity index is 1.23. The molecule has 0 amide bonds. The highest BCUT2D eigenvalue weighted by Crippen LogP contribution is 2.41. The molecule has 0 aliphatic carbocycles. The van der Waals surface area contributed by atoms with Crippen molar-refractivity contribution in [1.29, 1.82) is 0 Å². The second-order valence-corrected chi connectivity index (χ2v) is 11.1. The van der Waals surface area contributed by atoms with Crippen LogP contribution in [0.1, 0.15) is 0 Å². The Morgan fingerprint density at radius 3 is 2.23 bits per heavy atom. The molecule has 0 atom stereocenters. The Morgan fingerprint density at radius 2 is 1.33 bits per heavy atom. The first-order valence-corrected chi connectivity index (χ1v) is 14.4. The van der Waals surface area contributed by atoms with Crippen LogP contribution < -0.4 is 25.9 Å². The zero-order valence-electron chi connectivity index (χ0n) is 22.8. The molecule has 6 aromatic carbocycles. The highest BCUT2D eigenvalue weighted by atomic mass is 16.5. The van der Waals surface area contributed by atoms with Gasteiger partial charge in [0, 0.05) is 21.9 Å². The SMILES string of the molecule is c1ccc(-n2c(-c3cccc4c3oc3cc5c(cc34)Oc3cccc4c3B5c3ccccc3O4)nc3ccccc32)cc1. The third-order valence-electron chi connectivity index (χ3n) is 8.74. The van der Waals surface area contributed by atoms with Gasteiger partial charge in [-0.25, -0.2) is 4.98 Å². The summed E-state index contributed by atoms with van der Waals surface area (Å²) in [4.78, 5) is 5.12. The normalized spacial score (nSPS) is 13.0. The smallest absolute Gasteiger partial charge is 0.260 e. The lowest BCUT2D eigenvalue weighted by Crippen LogP contribution is -2.57. The molecule has 10 rings (SSSR count). The molecular formula is C37H21BN2O3. The maximum atomic E-state index is 6.77. The fourth-order valence-corrected chi connectivity index (χ4v) is 6.89. The van der Waals surface area contributed by atoms with Crippen LogP contribution in [0.25, 0.3) is 50.0 Å². The highest BCUT2D eigenvalue weighted by molar-refractivity contribution is 6.98. The van der Waals surface area contributed by atoms with Crippen LogP contribution in [0.15, 0.2) is 132 Å². The molecule has 43 heavy (non-hydrogen) atoms.